The van der Waals surface area contributed by atoms with Crippen LogP contribution in [0, 0.1) is 0 Å². The molecule has 2 heterocycles. The second-order valence-corrected chi connectivity index (χ2v) is 4.15. The lowest BCUT2D eigenvalue weighted by Gasteiger charge is -2.17. The van der Waals surface area contributed by atoms with Gasteiger partial charge in [-0.2, -0.15) is 13.2 Å². The van der Waals surface area contributed by atoms with Gasteiger partial charge in [-0.1, -0.05) is 6.08 Å². The minimum absolute atomic E-state index is 0.202. The van der Waals surface area contributed by atoms with Crippen LogP contribution in [-0.2, 0) is 6.18 Å². The van der Waals surface area contributed by atoms with Crippen LogP contribution in [-0.4, -0.2) is 25.1 Å². The van der Waals surface area contributed by atoms with E-state index < -0.39 is 11.7 Å². The van der Waals surface area contributed by atoms with Gasteiger partial charge in [-0.25, -0.2) is 10.4 Å². The summed E-state index contributed by atoms with van der Waals surface area (Å²) < 4.78 is 38.4. The fraction of sp³-hybridized carbons (Fsp3) is 0.417. The summed E-state index contributed by atoms with van der Waals surface area (Å²) in [5.41, 5.74) is 5.68. The molecule has 1 aromatic heterocycles. The van der Waals surface area contributed by atoms with Gasteiger partial charge in [0, 0.05) is 13.6 Å². The van der Waals surface area contributed by atoms with Crippen molar-refractivity contribution in [3.63, 3.8) is 0 Å². The number of hydrogen-bond acceptors (Lipinski definition) is 4. The van der Waals surface area contributed by atoms with E-state index in [1.165, 1.54) is 13.1 Å². The van der Waals surface area contributed by atoms with Crippen molar-refractivity contribution in [2.75, 3.05) is 25.6 Å². The summed E-state index contributed by atoms with van der Waals surface area (Å²) in [7, 11) is 1.50. The predicted octanol–water partition coefficient (Wildman–Crippen LogP) is 2.02. The monoisotopic (exact) mass is 272 g/mol. The Morgan fingerprint density at radius 1 is 1.32 bits per heavy atom. The summed E-state index contributed by atoms with van der Waals surface area (Å²) >= 11 is 0. The van der Waals surface area contributed by atoms with Crippen molar-refractivity contribution in [1.82, 2.24) is 15.7 Å². The fourth-order valence-electron chi connectivity index (χ4n) is 1.94. The molecule has 0 saturated heterocycles. The Morgan fingerprint density at radius 2 is 2.11 bits per heavy atom. The number of halogens is 3. The van der Waals surface area contributed by atoms with Crippen molar-refractivity contribution >= 4 is 11.4 Å². The molecule has 104 valence electrons. The first kappa shape index (κ1) is 13.8. The SMILES string of the molecule is CNNc1nc(C2=CCNCC2)ccc1C(F)(F)F. The van der Waals surface area contributed by atoms with Crippen molar-refractivity contribution in [3.8, 4) is 0 Å². The van der Waals surface area contributed by atoms with Crippen LogP contribution in [0.5, 0.6) is 0 Å². The Bertz CT molecular complexity index is 482. The topological polar surface area (TPSA) is 49.0 Å². The maximum Gasteiger partial charge on any atom is 0.419 e. The first-order valence-corrected chi connectivity index (χ1v) is 5.93. The number of rotatable bonds is 3. The second-order valence-electron chi connectivity index (χ2n) is 4.15. The van der Waals surface area contributed by atoms with Crippen LogP contribution < -0.4 is 16.2 Å². The lowest BCUT2D eigenvalue weighted by atomic mass is 10.0. The van der Waals surface area contributed by atoms with Crippen molar-refractivity contribution in [2.45, 2.75) is 12.6 Å². The van der Waals surface area contributed by atoms with Gasteiger partial charge < -0.3 is 10.7 Å². The molecule has 1 aliphatic heterocycles. The first-order valence-electron chi connectivity index (χ1n) is 5.93. The summed E-state index contributed by atoms with van der Waals surface area (Å²) in [6.07, 6.45) is -1.72. The molecule has 0 aromatic carbocycles. The molecule has 7 heteroatoms. The number of nitrogens with one attached hydrogen (secondary N) is 3. The van der Waals surface area contributed by atoms with E-state index in [-0.39, 0.29) is 5.82 Å². The highest BCUT2D eigenvalue weighted by Gasteiger charge is 2.34. The quantitative estimate of drug-likeness (QED) is 0.737. The van der Waals surface area contributed by atoms with E-state index >= 15 is 0 Å². The zero-order valence-electron chi connectivity index (χ0n) is 10.4. The number of aromatic nitrogens is 1. The summed E-state index contributed by atoms with van der Waals surface area (Å²) in [4.78, 5) is 4.06. The smallest absolute Gasteiger partial charge is 0.313 e. The van der Waals surface area contributed by atoms with Gasteiger partial charge in [-0.15, -0.1) is 0 Å². The van der Waals surface area contributed by atoms with Gasteiger partial charge in [0.2, 0.25) is 0 Å². The molecule has 19 heavy (non-hydrogen) atoms. The lowest BCUT2D eigenvalue weighted by molar-refractivity contribution is -0.137. The Morgan fingerprint density at radius 3 is 2.68 bits per heavy atom. The Hall–Kier alpha value is -1.60. The summed E-state index contributed by atoms with van der Waals surface area (Å²) in [5, 5.41) is 3.15. The average molecular weight is 272 g/mol. The van der Waals surface area contributed by atoms with Crippen molar-refractivity contribution in [3.05, 3.63) is 29.5 Å². The molecular weight excluding hydrogens is 257 g/mol. The maximum atomic E-state index is 12.8. The molecule has 3 N–H and O–H groups in total. The predicted molar refractivity (Wildman–Crippen MR) is 67.4 cm³/mol. The van der Waals surface area contributed by atoms with Crippen LogP contribution in [0.25, 0.3) is 5.57 Å². The summed E-state index contributed by atoms with van der Waals surface area (Å²) in [6.45, 7) is 1.52. The molecule has 1 aliphatic rings. The highest BCUT2D eigenvalue weighted by atomic mass is 19.4. The van der Waals surface area contributed by atoms with Crippen molar-refractivity contribution in [1.29, 1.82) is 0 Å². The zero-order chi connectivity index (χ0) is 13.9. The summed E-state index contributed by atoms with van der Waals surface area (Å²) in [5.74, 6) is -0.202. The molecule has 2 rings (SSSR count). The third-order valence-corrected chi connectivity index (χ3v) is 2.84. The first-order chi connectivity index (χ1) is 9.02. The van der Waals surface area contributed by atoms with Crippen LogP contribution in [0.15, 0.2) is 18.2 Å². The van der Waals surface area contributed by atoms with Gasteiger partial charge in [0.05, 0.1) is 11.3 Å². The standard InChI is InChI=1S/C12H15F3N4/c1-16-19-11-9(12(13,14)15)2-3-10(18-11)8-4-6-17-7-5-8/h2-4,16-17H,5-7H2,1H3,(H,18,19). The highest BCUT2D eigenvalue weighted by Crippen LogP contribution is 2.34. The zero-order valence-corrected chi connectivity index (χ0v) is 10.4. The number of pyridine rings is 1. The van der Waals surface area contributed by atoms with E-state index in [9.17, 15) is 13.2 Å². The number of alkyl halides is 3. The molecule has 0 aliphatic carbocycles. The van der Waals surface area contributed by atoms with Crippen LogP contribution in [0.3, 0.4) is 0 Å². The van der Waals surface area contributed by atoms with E-state index in [0.717, 1.165) is 24.6 Å². The van der Waals surface area contributed by atoms with E-state index in [1.807, 2.05) is 6.08 Å². The number of hydrogen-bond donors (Lipinski definition) is 3. The van der Waals surface area contributed by atoms with E-state index in [4.69, 9.17) is 0 Å². The normalized spacial score (nSPS) is 16.1. The molecule has 0 unspecified atom stereocenters. The number of nitrogens with zero attached hydrogens (tertiary/aromatic N) is 1. The Kier molecular flexibility index (Phi) is 4.06. The van der Waals surface area contributed by atoms with E-state index in [1.54, 1.807) is 0 Å². The van der Waals surface area contributed by atoms with Gasteiger partial charge in [0.25, 0.3) is 0 Å². The van der Waals surface area contributed by atoms with Crippen LogP contribution in [0.4, 0.5) is 19.0 Å². The van der Waals surface area contributed by atoms with E-state index in [2.05, 4.69) is 21.2 Å². The molecule has 0 fully saturated rings. The molecule has 0 spiro atoms. The van der Waals surface area contributed by atoms with Gasteiger partial charge in [-0.3, -0.25) is 0 Å². The number of hydrazine groups is 1. The van der Waals surface area contributed by atoms with Crippen molar-refractivity contribution in [2.24, 2.45) is 0 Å². The van der Waals surface area contributed by atoms with Crippen molar-refractivity contribution < 1.29 is 13.2 Å². The highest BCUT2D eigenvalue weighted by molar-refractivity contribution is 5.66. The molecule has 0 radical (unpaired) electrons. The molecule has 0 atom stereocenters. The number of anilines is 1. The van der Waals surface area contributed by atoms with Gasteiger partial charge in [0.1, 0.15) is 0 Å². The maximum absolute atomic E-state index is 12.8. The van der Waals surface area contributed by atoms with Gasteiger partial charge in [0.15, 0.2) is 5.82 Å². The molecule has 0 saturated carbocycles. The third kappa shape index (κ3) is 3.24. The minimum atomic E-state index is -4.42. The molecule has 0 amide bonds. The molecular formula is C12H15F3N4. The minimum Gasteiger partial charge on any atom is -0.313 e. The fourth-order valence-corrected chi connectivity index (χ4v) is 1.94. The molecule has 0 bridgehead atoms. The Balaban J connectivity index is 2.38. The average Bonchev–Trinajstić information content (AvgIpc) is 2.39. The summed E-state index contributed by atoms with van der Waals surface area (Å²) in [6, 6.07) is 2.48. The molecule has 4 nitrogen and oxygen atoms in total. The van der Waals surface area contributed by atoms with Gasteiger partial charge >= 0.3 is 6.18 Å². The van der Waals surface area contributed by atoms with E-state index in [0.29, 0.717) is 12.2 Å². The van der Waals surface area contributed by atoms with Gasteiger partial charge in [-0.05, 0) is 30.7 Å². The van der Waals surface area contributed by atoms with Crippen LogP contribution >= 0.6 is 0 Å². The van der Waals surface area contributed by atoms with Crippen LogP contribution in [0.2, 0.25) is 0 Å². The Labute approximate surface area is 109 Å². The second kappa shape index (κ2) is 5.58. The van der Waals surface area contributed by atoms with Crippen LogP contribution in [0.1, 0.15) is 17.7 Å². The largest absolute Gasteiger partial charge is 0.419 e. The lowest BCUT2D eigenvalue weighted by Crippen LogP contribution is -2.22. The molecule has 1 aromatic rings. The third-order valence-electron chi connectivity index (χ3n) is 2.84.